The van der Waals surface area contributed by atoms with Crippen LogP contribution >= 0.6 is 0 Å². The number of carbonyl (C=O) groups excluding carboxylic acids is 1. The van der Waals surface area contributed by atoms with Crippen LogP contribution in [0.1, 0.15) is 48.0 Å². The van der Waals surface area contributed by atoms with Gasteiger partial charge in [0.05, 0.1) is 0 Å². The van der Waals surface area contributed by atoms with Crippen LogP contribution in [0.2, 0.25) is 0 Å². The van der Waals surface area contributed by atoms with Crippen LogP contribution in [0, 0.1) is 17.3 Å². The van der Waals surface area contributed by atoms with Crippen LogP contribution in [0.5, 0.6) is 0 Å². The molecule has 0 heterocycles. The number of carbonyl (C=O) groups is 1. The van der Waals surface area contributed by atoms with E-state index in [1.807, 2.05) is 27.2 Å². The molecular weight excluding hydrogens is 148 g/mol. The molecule has 1 nitrogen and oxygen atoms in total. The highest BCUT2D eigenvalue weighted by Crippen LogP contribution is 2.24. The molecule has 0 aromatic rings. The third-order valence-corrected chi connectivity index (χ3v) is 1.30. The Labute approximate surface area is 76.6 Å². The van der Waals surface area contributed by atoms with Crippen LogP contribution in [-0.2, 0) is 4.79 Å². The summed E-state index contributed by atoms with van der Waals surface area (Å²) in [4.78, 5) is 11.4. The minimum absolute atomic E-state index is 0.0162. The van der Waals surface area contributed by atoms with Crippen molar-refractivity contribution in [2.24, 2.45) is 10.8 Å². The molecule has 0 atom stereocenters. The number of rotatable bonds is 2. The van der Waals surface area contributed by atoms with E-state index >= 15 is 0 Å². The van der Waals surface area contributed by atoms with E-state index in [0.29, 0.717) is 6.42 Å². The van der Waals surface area contributed by atoms with Crippen molar-refractivity contribution in [3.63, 3.8) is 0 Å². The van der Waals surface area contributed by atoms with Crippen LogP contribution in [0.15, 0.2) is 0 Å². The van der Waals surface area contributed by atoms with Gasteiger partial charge in [0, 0.05) is 12.8 Å². The predicted molar refractivity (Wildman–Crippen MR) is 52.8 cm³/mol. The first-order chi connectivity index (χ1) is 5.10. The topological polar surface area (TPSA) is 17.1 Å². The summed E-state index contributed by atoms with van der Waals surface area (Å²) in [6.07, 6.45) is 2.46. The molecule has 0 unspecified atom stereocenters. The van der Waals surface area contributed by atoms with Gasteiger partial charge in [0.2, 0.25) is 0 Å². The molecule has 0 aliphatic heterocycles. The minimum atomic E-state index is 0.0162. The Hall–Kier alpha value is -0.330. The lowest BCUT2D eigenvalue weighted by Gasteiger charge is -2.21. The van der Waals surface area contributed by atoms with Crippen molar-refractivity contribution in [2.45, 2.75) is 48.0 Å². The summed E-state index contributed by atoms with van der Waals surface area (Å²) in [5.74, 6) is 0.259. The lowest BCUT2D eigenvalue weighted by atomic mass is 9.83. The quantitative estimate of drug-likeness (QED) is 0.620. The largest absolute Gasteiger partial charge is 0.299 e. The normalized spacial score (nSPS) is 13.2. The molecule has 71 valence electrons. The molecule has 0 aromatic carbocycles. The van der Waals surface area contributed by atoms with Crippen molar-refractivity contribution in [3.05, 3.63) is 6.42 Å². The van der Waals surface area contributed by atoms with E-state index in [0.717, 1.165) is 0 Å². The highest BCUT2D eigenvalue weighted by atomic mass is 16.1. The highest BCUT2D eigenvalue weighted by Gasteiger charge is 2.21. The van der Waals surface area contributed by atoms with Gasteiger partial charge in [-0.15, -0.1) is 0 Å². The average Bonchev–Trinajstić information content (AvgIpc) is 1.49. The standard InChI is InChI=1S/C11H21O/c1-10(2,3)7-9(12)8-11(4,5)6/h7H,8H2,1-6H3. The smallest absolute Gasteiger partial charge is 0.137 e. The van der Waals surface area contributed by atoms with Gasteiger partial charge in [-0.1, -0.05) is 41.5 Å². The maximum absolute atomic E-state index is 11.4. The van der Waals surface area contributed by atoms with Crippen molar-refractivity contribution in [1.29, 1.82) is 0 Å². The van der Waals surface area contributed by atoms with Gasteiger partial charge in [0.1, 0.15) is 5.78 Å². The monoisotopic (exact) mass is 169 g/mol. The lowest BCUT2D eigenvalue weighted by molar-refractivity contribution is -0.118. The van der Waals surface area contributed by atoms with Crippen molar-refractivity contribution in [2.75, 3.05) is 0 Å². The molecule has 0 saturated carbocycles. The minimum Gasteiger partial charge on any atom is -0.299 e. The summed E-state index contributed by atoms with van der Waals surface area (Å²) < 4.78 is 0. The SMILES string of the molecule is CC(C)(C)[CH]C(=O)CC(C)(C)C. The fourth-order valence-electron chi connectivity index (χ4n) is 1.06. The molecule has 1 heteroatoms. The van der Waals surface area contributed by atoms with Crippen molar-refractivity contribution >= 4 is 5.78 Å². The Morgan fingerprint density at radius 2 is 1.50 bits per heavy atom. The Morgan fingerprint density at radius 3 is 1.75 bits per heavy atom. The summed E-state index contributed by atoms with van der Waals surface area (Å²) in [5.41, 5.74) is 0.126. The summed E-state index contributed by atoms with van der Waals surface area (Å²) in [5, 5.41) is 0. The van der Waals surface area contributed by atoms with Gasteiger partial charge < -0.3 is 0 Å². The average molecular weight is 169 g/mol. The van der Waals surface area contributed by atoms with Gasteiger partial charge in [0.15, 0.2) is 0 Å². The van der Waals surface area contributed by atoms with Gasteiger partial charge in [-0.3, -0.25) is 4.79 Å². The Balaban J connectivity index is 3.92. The summed E-state index contributed by atoms with van der Waals surface area (Å²) in [6.45, 7) is 12.4. The van der Waals surface area contributed by atoms with E-state index in [2.05, 4.69) is 20.8 Å². The van der Waals surface area contributed by atoms with Crippen LogP contribution in [0.4, 0.5) is 0 Å². The van der Waals surface area contributed by atoms with Gasteiger partial charge in [-0.2, -0.15) is 0 Å². The van der Waals surface area contributed by atoms with Gasteiger partial charge in [-0.05, 0) is 10.8 Å². The van der Waals surface area contributed by atoms with Gasteiger partial charge in [-0.25, -0.2) is 0 Å². The third kappa shape index (κ3) is 7.77. The van der Waals surface area contributed by atoms with Crippen LogP contribution in [0.25, 0.3) is 0 Å². The second kappa shape index (κ2) is 3.59. The molecule has 0 bridgehead atoms. The van der Waals surface area contributed by atoms with Crippen LogP contribution in [-0.4, -0.2) is 5.78 Å². The molecule has 0 aliphatic carbocycles. The molecule has 1 radical (unpaired) electrons. The molecule has 0 N–H and O–H groups in total. The second-order valence-electron chi connectivity index (χ2n) is 5.71. The number of Topliss-reactive ketones (excluding diaryl/α,β-unsaturated/α-hetero) is 1. The van der Waals surface area contributed by atoms with Crippen molar-refractivity contribution in [3.8, 4) is 0 Å². The second-order valence-corrected chi connectivity index (χ2v) is 5.71. The van der Waals surface area contributed by atoms with E-state index < -0.39 is 0 Å². The molecule has 0 saturated heterocycles. The Bertz CT molecular complexity index is 137. The molecular formula is C11H21O. The van der Waals surface area contributed by atoms with E-state index in [9.17, 15) is 4.79 Å². The van der Waals surface area contributed by atoms with Crippen LogP contribution < -0.4 is 0 Å². The van der Waals surface area contributed by atoms with E-state index in [1.165, 1.54) is 0 Å². The fraction of sp³-hybridized carbons (Fsp3) is 0.818. The maximum Gasteiger partial charge on any atom is 0.137 e. The van der Waals surface area contributed by atoms with E-state index in [1.54, 1.807) is 0 Å². The molecule has 0 fully saturated rings. The number of ketones is 1. The van der Waals surface area contributed by atoms with Crippen molar-refractivity contribution in [1.82, 2.24) is 0 Å². The zero-order chi connectivity index (χ0) is 9.99. The number of hydrogen-bond donors (Lipinski definition) is 0. The Kier molecular flexibility index (Phi) is 3.49. The molecule has 12 heavy (non-hydrogen) atoms. The first-order valence-corrected chi connectivity index (χ1v) is 4.49. The lowest BCUT2D eigenvalue weighted by Crippen LogP contribution is -2.19. The summed E-state index contributed by atoms with van der Waals surface area (Å²) >= 11 is 0. The van der Waals surface area contributed by atoms with Gasteiger partial charge in [0.25, 0.3) is 0 Å². The maximum atomic E-state index is 11.4. The van der Waals surface area contributed by atoms with E-state index in [4.69, 9.17) is 0 Å². The van der Waals surface area contributed by atoms with Crippen LogP contribution in [0.3, 0.4) is 0 Å². The van der Waals surface area contributed by atoms with Gasteiger partial charge >= 0.3 is 0 Å². The first kappa shape index (κ1) is 11.7. The number of hydrogen-bond acceptors (Lipinski definition) is 1. The van der Waals surface area contributed by atoms with Crippen molar-refractivity contribution < 1.29 is 4.79 Å². The molecule has 0 amide bonds. The predicted octanol–water partition coefficient (Wildman–Crippen LogP) is 3.24. The zero-order valence-corrected chi connectivity index (χ0v) is 9.19. The third-order valence-electron chi connectivity index (χ3n) is 1.30. The highest BCUT2D eigenvalue weighted by molar-refractivity contribution is 5.88. The Morgan fingerprint density at radius 1 is 1.08 bits per heavy atom. The fourth-order valence-corrected chi connectivity index (χ4v) is 1.06. The molecule has 0 aliphatic rings. The summed E-state index contributed by atoms with van der Waals surface area (Å²) in [7, 11) is 0. The molecule has 0 aromatic heterocycles. The molecule has 0 spiro atoms. The zero-order valence-electron chi connectivity index (χ0n) is 9.19. The summed E-state index contributed by atoms with van der Waals surface area (Å²) in [6, 6.07) is 0. The molecule has 0 rings (SSSR count). The van der Waals surface area contributed by atoms with E-state index in [-0.39, 0.29) is 16.6 Å². The first-order valence-electron chi connectivity index (χ1n) is 4.49.